The normalized spacial score (nSPS) is 13.0. The Bertz CT molecular complexity index is 671. The van der Waals surface area contributed by atoms with Crippen LogP contribution in [0.4, 0.5) is 0 Å². The van der Waals surface area contributed by atoms with E-state index in [1.54, 1.807) is 18.2 Å². The lowest BCUT2D eigenvalue weighted by molar-refractivity contribution is -0.133. The van der Waals surface area contributed by atoms with E-state index in [9.17, 15) is 4.79 Å². The predicted molar refractivity (Wildman–Crippen MR) is 85.7 cm³/mol. The highest BCUT2D eigenvalue weighted by atomic mass is 35.6. The van der Waals surface area contributed by atoms with E-state index in [4.69, 9.17) is 62.7 Å². The first-order chi connectivity index (χ1) is 10.3. The van der Waals surface area contributed by atoms with Gasteiger partial charge in [0.25, 0.3) is 10.3 Å². The molecule has 1 unspecified atom stereocenters. The van der Waals surface area contributed by atoms with E-state index in [-0.39, 0.29) is 12.2 Å². The van der Waals surface area contributed by atoms with E-state index in [1.165, 1.54) is 0 Å². The fourth-order valence-corrected chi connectivity index (χ4v) is 2.53. The quantitative estimate of drug-likeness (QED) is 0.594. The maximum atomic E-state index is 10.7. The van der Waals surface area contributed by atoms with Crippen molar-refractivity contribution in [3.63, 3.8) is 0 Å². The molecule has 0 aliphatic carbocycles. The van der Waals surface area contributed by atoms with Gasteiger partial charge in [-0.05, 0) is 12.1 Å². The van der Waals surface area contributed by atoms with Gasteiger partial charge < -0.3 is 4.74 Å². The molecule has 0 radical (unpaired) electrons. The number of aromatic nitrogens is 3. The van der Waals surface area contributed by atoms with Crippen molar-refractivity contribution >= 4 is 64.5 Å². The Morgan fingerprint density at radius 3 is 2.59 bits per heavy atom. The number of nitrogens with one attached hydrogen (secondary N) is 1. The second kappa shape index (κ2) is 7.23. The minimum Gasteiger partial charge on any atom is -0.459 e. The minimum atomic E-state index is -1.74. The summed E-state index contributed by atoms with van der Waals surface area (Å²) in [6.07, 6.45) is -0.508. The summed E-state index contributed by atoms with van der Waals surface area (Å²) in [5.41, 5.74) is 0.574. The molecule has 0 aliphatic rings. The molecule has 2 aromatic rings. The van der Waals surface area contributed by atoms with Crippen LogP contribution in [0.25, 0.3) is 0 Å². The van der Waals surface area contributed by atoms with Crippen LogP contribution in [0, 0.1) is 0 Å². The van der Waals surface area contributed by atoms with Crippen LogP contribution in [-0.2, 0) is 19.7 Å². The molecule has 0 amide bonds. The Hall–Kier alpha value is -0.720. The maximum Gasteiger partial charge on any atom is 0.293 e. The van der Waals surface area contributed by atoms with Crippen LogP contribution in [0.3, 0.4) is 0 Å². The van der Waals surface area contributed by atoms with Gasteiger partial charge in [0.1, 0.15) is 11.9 Å². The predicted octanol–water partition coefficient (Wildman–Crippen LogP) is 4.40. The number of carbonyl (C=O) groups is 1. The number of rotatable bonds is 5. The lowest BCUT2D eigenvalue weighted by atomic mass is 10.1. The van der Waals surface area contributed by atoms with Crippen molar-refractivity contribution in [2.24, 2.45) is 0 Å². The van der Waals surface area contributed by atoms with Gasteiger partial charge in [-0.1, -0.05) is 64.1 Å². The molecule has 5 nitrogen and oxygen atoms in total. The highest BCUT2D eigenvalue weighted by Gasteiger charge is 2.29. The molecular formula is C12H8Cl5N3O2. The molecule has 0 aliphatic heterocycles. The molecule has 10 heteroatoms. The highest BCUT2D eigenvalue weighted by molar-refractivity contribution is 6.66. The molecule has 22 heavy (non-hydrogen) atoms. The third-order valence-electron chi connectivity index (χ3n) is 2.69. The van der Waals surface area contributed by atoms with Gasteiger partial charge >= 0.3 is 0 Å². The first-order valence-corrected chi connectivity index (χ1v) is 7.72. The Balaban J connectivity index is 2.25. The summed E-state index contributed by atoms with van der Waals surface area (Å²) in [7, 11) is 0. The zero-order chi connectivity index (χ0) is 16.3. The summed E-state index contributed by atoms with van der Waals surface area (Å²) in [5.74, 6) is 0.374. The number of halogens is 5. The summed E-state index contributed by atoms with van der Waals surface area (Å²) < 4.78 is 3.31. The van der Waals surface area contributed by atoms with Crippen LogP contribution >= 0.6 is 58.0 Å². The lowest BCUT2D eigenvalue weighted by Gasteiger charge is -2.15. The lowest BCUT2D eigenvalue weighted by Crippen LogP contribution is -2.09. The van der Waals surface area contributed by atoms with Crippen LogP contribution in [0.1, 0.15) is 23.3 Å². The van der Waals surface area contributed by atoms with Gasteiger partial charge in [0.2, 0.25) is 5.82 Å². The molecule has 1 N–H and O–H groups in total. The molecular weight excluding hydrogens is 395 g/mol. The number of hydrogen-bond donors (Lipinski definition) is 1. The zero-order valence-corrected chi connectivity index (χ0v) is 14.5. The van der Waals surface area contributed by atoms with Crippen molar-refractivity contribution in [3.8, 4) is 0 Å². The van der Waals surface area contributed by atoms with E-state index in [0.29, 0.717) is 27.9 Å². The number of H-pyrrole nitrogens is 1. The number of nitrogens with zero attached hydrogens (tertiary/aromatic N) is 2. The van der Waals surface area contributed by atoms with E-state index in [2.05, 4.69) is 15.2 Å². The SMILES string of the molecule is O=COC(Cc1nc(C(Cl)(Cl)Cl)n[nH]1)c1ccc(Cl)cc1Cl. The molecule has 0 bridgehead atoms. The highest BCUT2D eigenvalue weighted by Crippen LogP contribution is 2.36. The van der Waals surface area contributed by atoms with Crippen molar-refractivity contribution in [2.45, 2.75) is 16.3 Å². The summed E-state index contributed by atoms with van der Waals surface area (Å²) in [5, 5.41) is 7.25. The number of carbonyl (C=O) groups excluding carboxylic acids is 1. The fraction of sp³-hybridized carbons (Fsp3) is 0.250. The van der Waals surface area contributed by atoms with Crippen molar-refractivity contribution in [1.29, 1.82) is 0 Å². The summed E-state index contributed by atoms with van der Waals surface area (Å²) in [6.45, 7) is 0.321. The number of benzene rings is 1. The summed E-state index contributed by atoms with van der Waals surface area (Å²) in [6, 6.07) is 4.84. The number of alkyl halides is 3. The second-order valence-corrected chi connectivity index (χ2v) is 7.32. The monoisotopic (exact) mass is 401 g/mol. The second-order valence-electron chi connectivity index (χ2n) is 4.19. The Kier molecular flexibility index (Phi) is 5.80. The van der Waals surface area contributed by atoms with Crippen LogP contribution in [-0.4, -0.2) is 21.7 Å². The van der Waals surface area contributed by atoms with Crippen LogP contribution in [0.15, 0.2) is 18.2 Å². The Morgan fingerprint density at radius 1 is 1.32 bits per heavy atom. The van der Waals surface area contributed by atoms with E-state index in [0.717, 1.165) is 0 Å². The first kappa shape index (κ1) is 17.6. The fourth-order valence-electron chi connectivity index (χ4n) is 1.75. The van der Waals surface area contributed by atoms with Gasteiger partial charge in [0.05, 0.1) is 0 Å². The number of aromatic amines is 1. The average Bonchev–Trinajstić information content (AvgIpc) is 2.87. The van der Waals surface area contributed by atoms with Gasteiger partial charge in [0, 0.05) is 22.0 Å². The molecule has 2 rings (SSSR count). The summed E-state index contributed by atoms with van der Waals surface area (Å²) in [4.78, 5) is 14.8. The van der Waals surface area contributed by atoms with Gasteiger partial charge in [-0.15, -0.1) is 0 Å². The van der Waals surface area contributed by atoms with E-state index >= 15 is 0 Å². The molecule has 118 valence electrons. The molecule has 1 heterocycles. The standard InChI is InChI=1S/C12H8Cl5N3O2/c13-6-1-2-7(8(14)3-6)9(22-5-21)4-10-18-11(20-19-10)12(15,16)17/h1-3,5,9H,4H2,(H,18,19,20). The van der Waals surface area contributed by atoms with Crippen LogP contribution < -0.4 is 0 Å². The number of hydrogen-bond acceptors (Lipinski definition) is 4. The molecule has 1 atom stereocenters. The molecule has 0 fully saturated rings. The Morgan fingerprint density at radius 2 is 2.05 bits per heavy atom. The van der Waals surface area contributed by atoms with E-state index in [1.807, 2.05) is 0 Å². The van der Waals surface area contributed by atoms with Gasteiger partial charge in [0.15, 0.2) is 0 Å². The van der Waals surface area contributed by atoms with Crippen molar-refractivity contribution in [3.05, 3.63) is 45.5 Å². The van der Waals surface area contributed by atoms with Crippen LogP contribution in [0.5, 0.6) is 0 Å². The average molecular weight is 403 g/mol. The largest absolute Gasteiger partial charge is 0.459 e. The summed E-state index contributed by atoms with van der Waals surface area (Å²) >= 11 is 29.0. The smallest absolute Gasteiger partial charge is 0.293 e. The van der Waals surface area contributed by atoms with Gasteiger partial charge in [-0.3, -0.25) is 9.89 Å². The number of ether oxygens (including phenoxy) is 1. The third-order valence-corrected chi connectivity index (χ3v) is 3.76. The molecule has 0 spiro atoms. The van der Waals surface area contributed by atoms with Gasteiger partial charge in [-0.2, -0.15) is 5.10 Å². The zero-order valence-electron chi connectivity index (χ0n) is 10.7. The Labute approximate surface area is 150 Å². The third kappa shape index (κ3) is 4.40. The minimum absolute atomic E-state index is 0.000411. The van der Waals surface area contributed by atoms with Crippen molar-refractivity contribution < 1.29 is 9.53 Å². The molecule has 1 aromatic carbocycles. The van der Waals surface area contributed by atoms with Crippen LogP contribution in [0.2, 0.25) is 10.0 Å². The topological polar surface area (TPSA) is 67.9 Å². The maximum absolute atomic E-state index is 10.7. The van der Waals surface area contributed by atoms with Crippen molar-refractivity contribution in [1.82, 2.24) is 15.2 Å². The van der Waals surface area contributed by atoms with Gasteiger partial charge in [-0.25, -0.2) is 4.98 Å². The molecule has 1 aromatic heterocycles. The first-order valence-electron chi connectivity index (χ1n) is 5.83. The molecule has 0 saturated carbocycles. The van der Waals surface area contributed by atoms with E-state index < -0.39 is 9.90 Å². The molecule has 0 saturated heterocycles. The van der Waals surface area contributed by atoms with Crippen molar-refractivity contribution in [2.75, 3.05) is 0 Å².